The molecule has 2 atom stereocenters. The largest absolute Gasteiger partial charge is 0.480 e. The average Bonchev–Trinajstić information content (AvgIpc) is 2.70. The SMILES string of the molecule is Cc1ccc(C(c2cccc3ccccc23)N2CCCCC2C(=O)O)c(C)c1. The number of benzene rings is 3. The van der Waals surface area contributed by atoms with Crippen molar-refractivity contribution < 1.29 is 9.90 Å². The van der Waals surface area contributed by atoms with Gasteiger partial charge in [0.15, 0.2) is 0 Å². The van der Waals surface area contributed by atoms with E-state index in [1.165, 1.54) is 33.0 Å². The van der Waals surface area contributed by atoms with Crippen molar-refractivity contribution in [3.05, 3.63) is 82.9 Å². The fraction of sp³-hybridized carbons (Fsp3) is 0.320. The normalized spacial score (nSPS) is 18.9. The monoisotopic (exact) mass is 373 g/mol. The molecule has 3 nitrogen and oxygen atoms in total. The summed E-state index contributed by atoms with van der Waals surface area (Å²) < 4.78 is 0. The van der Waals surface area contributed by atoms with E-state index < -0.39 is 12.0 Å². The quantitative estimate of drug-likeness (QED) is 0.658. The lowest BCUT2D eigenvalue weighted by atomic mass is 9.87. The molecule has 0 saturated carbocycles. The predicted octanol–water partition coefficient (Wildman–Crippen LogP) is 5.49. The minimum Gasteiger partial charge on any atom is -0.480 e. The van der Waals surface area contributed by atoms with Crippen molar-refractivity contribution in [2.45, 2.75) is 45.2 Å². The van der Waals surface area contributed by atoms with Crippen LogP contribution in [0.2, 0.25) is 0 Å². The molecular weight excluding hydrogens is 346 g/mol. The van der Waals surface area contributed by atoms with E-state index in [1.54, 1.807) is 0 Å². The number of fused-ring (bicyclic) bond motifs is 1. The van der Waals surface area contributed by atoms with Gasteiger partial charge in [0.1, 0.15) is 6.04 Å². The summed E-state index contributed by atoms with van der Waals surface area (Å²) in [4.78, 5) is 14.3. The standard InChI is InChI=1S/C25H27NO2/c1-17-13-14-20(18(2)16-17)24(26-15-6-5-12-23(26)25(27)28)22-11-7-9-19-8-3-4-10-21(19)22/h3-4,7-11,13-14,16,23-24H,5-6,12,15H2,1-2H3,(H,27,28). The number of nitrogens with zero attached hydrogens (tertiary/aromatic N) is 1. The van der Waals surface area contributed by atoms with Crippen LogP contribution in [0.5, 0.6) is 0 Å². The van der Waals surface area contributed by atoms with Crippen LogP contribution < -0.4 is 0 Å². The van der Waals surface area contributed by atoms with Crippen molar-refractivity contribution in [3.63, 3.8) is 0 Å². The molecule has 0 spiro atoms. The smallest absolute Gasteiger partial charge is 0.320 e. The third kappa shape index (κ3) is 3.43. The number of hydrogen-bond acceptors (Lipinski definition) is 2. The molecule has 1 saturated heterocycles. The van der Waals surface area contributed by atoms with E-state index in [0.717, 1.165) is 19.4 Å². The lowest BCUT2D eigenvalue weighted by Gasteiger charge is -2.40. The fourth-order valence-corrected chi connectivity index (χ4v) is 4.67. The van der Waals surface area contributed by atoms with E-state index in [1.807, 2.05) is 0 Å². The molecule has 1 N–H and O–H groups in total. The zero-order valence-corrected chi connectivity index (χ0v) is 16.6. The molecule has 1 fully saturated rings. The second-order valence-corrected chi connectivity index (χ2v) is 7.92. The van der Waals surface area contributed by atoms with Crippen LogP contribution >= 0.6 is 0 Å². The first-order valence-electron chi connectivity index (χ1n) is 10.1. The van der Waals surface area contributed by atoms with E-state index in [2.05, 4.69) is 79.4 Å². The van der Waals surface area contributed by atoms with Crippen molar-refractivity contribution in [3.8, 4) is 0 Å². The van der Waals surface area contributed by atoms with E-state index >= 15 is 0 Å². The van der Waals surface area contributed by atoms with Crippen LogP contribution in [0, 0.1) is 13.8 Å². The van der Waals surface area contributed by atoms with Gasteiger partial charge in [0.25, 0.3) is 0 Å². The summed E-state index contributed by atoms with van der Waals surface area (Å²) in [6.07, 6.45) is 2.72. The second kappa shape index (κ2) is 7.76. The van der Waals surface area contributed by atoms with Crippen LogP contribution in [0.25, 0.3) is 10.8 Å². The number of aryl methyl sites for hydroxylation is 2. The molecule has 0 aliphatic carbocycles. The van der Waals surface area contributed by atoms with Crippen LogP contribution in [0.15, 0.2) is 60.7 Å². The molecule has 1 aliphatic heterocycles. The lowest BCUT2D eigenvalue weighted by Crippen LogP contribution is -2.47. The molecule has 3 aromatic rings. The van der Waals surface area contributed by atoms with Gasteiger partial charge in [-0.2, -0.15) is 0 Å². The number of aliphatic carboxylic acids is 1. The van der Waals surface area contributed by atoms with Gasteiger partial charge in [-0.05, 0) is 60.7 Å². The molecule has 144 valence electrons. The molecule has 1 heterocycles. The highest BCUT2D eigenvalue weighted by Gasteiger charge is 2.36. The lowest BCUT2D eigenvalue weighted by molar-refractivity contribution is -0.145. The minimum absolute atomic E-state index is 0.0619. The molecule has 0 aromatic heterocycles. The number of hydrogen-bond donors (Lipinski definition) is 1. The molecule has 3 heteroatoms. The maximum absolute atomic E-state index is 12.1. The van der Waals surface area contributed by atoms with Gasteiger partial charge in [-0.3, -0.25) is 9.69 Å². The first-order valence-corrected chi connectivity index (χ1v) is 10.1. The maximum Gasteiger partial charge on any atom is 0.320 e. The molecule has 0 amide bonds. The summed E-state index contributed by atoms with van der Waals surface area (Å²) >= 11 is 0. The second-order valence-electron chi connectivity index (χ2n) is 7.92. The number of rotatable bonds is 4. The van der Waals surface area contributed by atoms with Gasteiger partial charge in [0.05, 0.1) is 6.04 Å². The molecule has 0 bridgehead atoms. The van der Waals surface area contributed by atoms with E-state index in [4.69, 9.17) is 0 Å². The summed E-state index contributed by atoms with van der Waals surface area (Å²) in [5.74, 6) is -0.713. The van der Waals surface area contributed by atoms with Crippen molar-refractivity contribution in [1.82, 2.24) is 4.90 Å². The number of carboxylic acids is 1. The zero-order valence-electron chi connectivity index (χ0n) is 16.6. The Kier molecular flexibility index (Phi) is 5.19. The first kappa shape index (κ1) is 18.7. The van der Waals surface area contributed by atoms with Gasteiger partial charge in [0, 0.05) is 0 Å². The number of carbonyl (C=O) groups is 1. The molecule has 4 rings (SSSR count). The zero-order chi connectivity index (χ0) is 19.7. The van der Waals surface area contributed by atoms with Gasteiger partial charge >= 0.3 is 5.97 Å². The third-order valence-electron chi connectivity index (χ3n) is 6.00. The van der Waals surface area contributed by atoms with Crippen molar-refractivity contribution in [1.29, 1.82) is 0 Å². The Hall–Kier alpha value is -2.65. The maximum atomic E-state index is 12.1. The van der Waals surface area contributed by atoms with Crippen LogP contribution in [0.1, 0.15) is 47.6 Å². The van der Waals surface area contributed by atoms with E-state index in [-0.39, 0.29) is 6.04 Å². The number of likely N-dealkylation sites (tertiary alicyclic amines) is 1. The van der Waals surface area contributed by atoms with Crippen LogP contribution in [-0.4, -0.2) is 28.6 Å². The Morgan fingerprint density at radius 2 is 1.79 bits per heavy atom. The molecule has 0 radical (unpaired) electrons. The number of piperidine rings is 1. The highest BCUT2D eigenvalue weighted by molar-refractivity contribution is 5.86. The highest BCUT2D eigenvalue weighted by Crippen LogP contribution is 2.38. The molecule has 28 heavy (non-hydrogen) atoms. The Morgan fingerprint density at radius 3 is 2.57 bits per heavy atom. The molecule has 1 aliphatic rings. The van der Waals surface area contributed by atoms with Gasteiger partial charge in [-0.1, -0.05) is 72.6 Å². The van der Waals surface area contributed by atoms with Gasteiger partial charge in [-0.25, -0.2) is 0 Å². The van der Waals surface area contributed by atoms with E-state index in [9.17, 15) is 9.90 Å². The topological polar surface area (TPSA) is 40.5 Å². The van der Waals surface area contributed by atoms with Gasteiger partial charge in [0.2, 0.25) is 0 Å². The van der Waals surface area contributed by atoms with Crippen molar-refractivity contribution >= 4 is 16.7 Å². The van der Waals surface area contributed by atoms with Crippen LogP contribution in [0.3, 0.4) is 0 Å². The Morgan fingerprint density at radius 1 is 1.00 bits per heavy atom. The summed E-state index contributed by atoms with van der Waals surface area (Å²) in [6, 6.07) is 20.8. The summed E-state index contributed by atoms with van der Waals surface area (Å²) in [5.41, 5.74) is 4.84. The van der Waals surface area contributed by atoms with Gasteiger partial charge < -0.3 is 5.11 Å². The van der Waals surface area contributed by atoms with E-state index in [0.29, 0.717) is 6.42 Å². The minimum atomic E-state index is -0.713. The number of carboxylic acid groups (broad SMARTS) is 1. The van der Waals surface area contributed by atoms with Crippen molar-refractivity contribution in [2.75, 3.05) is 6.54 Å². The van der Waals surface area contributed by atoms with Crippen LogP contribution in [-0.2, 0) is 4.79 Å². The Balaban J connectivity index is 1.94. The summed E-state index contributed by atoms with van der Waals surface area (Å²) in [5, 5.41) is 12.3. The summed E-state index contributed by atoms with van der Waals surface area (Å²) in [6.45, 7) is 5.04. The predicted molar refractivity (Wildman–Crippen MR) is 114 cm³/mol. The van der Waals surface area contributed by atoms with Crippen molar-refractivity contribution in [2.24, 2.45) is 0 Å². The summed E-state index contributed by atoms with van der Waals surface area (Å²) in [7, 11) is 0. The molecule has 2 unspecified atom stereocenters. The highest BCUT2D eigenvalue weighted by atomic mass is 16.4. The Bertz CT molecular complexity index is 1010. The molecule has 3 aromatic carbocycles. The fourth-order valence-electron chi connectivity index (χ4n) is 4.67. The Labute approximate surface area is 166 Å². The molecular formula is C25H27NO2. The third-order valence-corrected chi connectivity index (χ3v) is 6.00. The average molecular weight is 373 g/mol. The van der Waals surface area contributed by atoms with Gasteiger partial charge in [-0.15, -0.1) is 0 Å². The van der Waals surface area contributed by atoms with Crippen LogP contribution in [0.4, 0.5) is 0 Å². The first-order chi connectivity index (χ1) is 13.6.